The highest BCUT2D eigenvalue weighted by Crippen LogP contribution is 2.38. The normalized spacial score (nSPS) is 16.8. The molecule has 0 fully saturated rings. The zero-order chi connectivity index (χ0) is 14.8. The van der Waals surface area contributed by atoms with E-state index in [9.17, 15) is 0 Å². The maximum atomic E-state index is 6.25. The van der Waals surface area contributed by atoms with Gasteiger partial charge in [-0.15, -0.1) is 11.8 Å². The number of benzene rings is 2. The first kappa shape index (κ1) is 15.5. The lowest BCUT2D eigenvalue weighted by Gasteiger charge is -2.15. The second-order valence-corrected chi connectivity index (χ2v) is 7.62. The fourth-order valence-electron chi connectivity index (χ4n) is 2.40. The van der Waals surface area contributed by atoms with E-state index in [4.69, 9.17) is 27.9 Å². The maximum Gasteiger partial charge on any atom is 0.142 e. The smallest absolute Gasteiger partial charge is 0.142 e. The Kier molecular flexibility index (Phi) is 5.05. The lowest BCUT2D eigenvalue weighted by atomic mass is 10.1. The van der Waals surface area contributed by atoms with Gasteiger partial charge < -0.3 is 4.74 Å². The molecule has 0 spiro atoms. The minimum Gasteiger partial charge on any atom is -0.491 e. The van der Waals surface area contributed by atoms with Crippen LogP contribution in [0.25, 0.3) is 0 Å². The number of alkyl halides is 1. The van der Waals surface area contributed by atoms with Crippen LogP contribution in [0, 0.1) is 0 Å². The van der Waals surface area contributed by atoms with Gasteiger partial charge in [0.2, 0.25) is 0 Å². The molecular formula is C16H13BrCl2OS. The average Bonchev–Trinajstić information content (AvgIpc) is 2.88. The van der Waals surface area contributed by atoms with Crippen LogP contribution >= 0.6 is 50.9 Å². The number of rotatable bonds is 4. The Labute approximate surface area is 147 Å². The van der Waals surface area contributed by atoms with E-state index < -0.39 is 0 Å². The van der Waals surface area contributed by atoms with Gasteiger partial charge in [0.25, 0.3) is 0 Å². The predicted octanol–water partition coefficient (Wildman–Crippen LogP) is 5.98. The van der Waals surface area contributed by atoms with Gasteiger partial charge >= 0.3 is 0 Å². The summed E-state index contributed by atoms with van der Waals surface area (Å²) in [6.45, 7) is 0.640. The van der Waals surface area contributed by atoms with Gasteiger partial charge in [0, 0.05) is 26.1 Å². The van der Waals surface area contributed by atoms with Gasteiger partial charge in [-0.05, 0) is 30.2 Å². The molecule has 3 rings (SSSR count). The minimum atomic E-state index is 0.428. The monoisotopic (exact) mass is 402 g/mol. The molecular weight excluding hydrogens is 391 g/mol. The zero-order valence-electron chi connectivity index (χ0n) is 11.1. The fraction of sp³-hybridized carbons (Fsp3) is 0.250. The van der Waals surface area contributed by atoms with Crippen LogP contribution in [0.2, 0.25) is 10.0 Å². The molecule has 2 aromatic rings. The van der Waals surface area contributed by atoms with Crippen molar-refractivity contribution < 1.29 is 4.74 Å². The van der Waals surface area contributed by atoms with E-state index in [0.29, 0.717) is 27.2 Å². The quantitative estimate of drug-likeness (QED) is 0.580. The second-order valence-electron chi connectivity index (χ2n) is 4.87. The SMILES string of the molecule is Clc1cc(Cl)c(OCC2Cc3ccccc3S2)c(CBr)c1. The van der Waals surface area contributed by atoms with Gasteiger partial charge in [0.05, 0.1) is 5.02 Å². The van der Waals surface area contributed by atoms with Crippen LogP contribution in [0.15, 0.2) is 41.3 Å². The zero-order valence-corrected chi connectivity index (χ0v) is 15.0. The maximum absolute atomic E-state index is 6.25. The van der Waals surface area contributed by atoms with Crippen LogP contribution in [0.3, 0.4) is 0 Å². The van der Waals surface area contributed by atoms with Crippen LogP contribution in [0.1, 0.15) is 11.1 Å². The molecule has 0 saturated heterocycles. The largest absolute Gasteiger partial charge is 0.491 e. The highest BCUT2D eigenvalue weighted by Gasteiger charge is 2.23. The van der Waals surface area contributed by atoms with Gasteiger partial charge in [-0.2, -0.15) is 0 Å². The van der Waals surface area contributed by atoms with E-state index in [0.717, 1.165) is 17.7 Å². The molecule has 0 saturated carbocycles. The van der Waals surface area contributed by atoms with Crippen molar-refractivity contribution in [2.24, 2.45) is 0 Å². The van der Waals surface area contributed by atoms with Crippen LogP contribution in [0.4, 0.5) is 0 Å². The van der Waals surface area contributed by atoms with E-state index in [2.05, 4.69) is 40.2 Å². The Hall–Kier alpha value is -0.350. The fourth-order valence-corrected chi connectivity index (χ4v) is 4.62. The number of halogens is 3. The second kappa shape index (κ2) is 6.82. The summed E-state index contributed by atoms with van der Waals surface area (Å²) in [6, 6.07) is 12.1. The highest BCUT2D eigenvalue weighted by atomic mass is 79.9. The Balaban J connectivity index is 1.70. The van der Waals surface area contributed by atoms with Crippen molar-refractivity contribution in [2.75, 3.05) is 6.61 Å². The third-order valence-electron chi connectivity index (χ3n) is 3.36. The van der Waals surface area contributed by atoms with E-state index in [-0.39, 0.29) is 0 Å². The number of hydrogen-bond acceptors (Lipinski definition) is 2. The molecule has 5 heteroatoms. The van der Waals surface area contributed by atoms with E-state index in [1.165, 1.54) is 10.5 Å². The molecule has 1 aliphatic heterocycles. The Morgan fingerprint density at radius 3 is 2.81 bits per heavy atom. The minimum absolute atomic E-state index is 0.428. The van der Waals surface area contributed by atoms with E-state index in [1.54, 1.807) is 6.07 Å². The van der Waals surface area contributed by atoms with Gasteiger partial charge in [-0.3, -0.25) is 0 Å². The van der Waals surface area contributed by atoms with E-state index >= 15 is 0 Å². The molecule has 0 N–H and O–H groups in total. The molecule has 2 aromatic carbocycles. The molecule has 0 amide bonds. The van der Waals surface area contributed by atoms with Crippen molar-refractivity contribution in [3.05, 3.63) is 57.6 Å². The summed E-state index contributed by atoms with van der Waals surface area (Å²) in [5.41, 5.74) is 2.38. The molecule has 21 heavy (non-hydrogen) atoms. The van der Waals surface area contributed by atoms with Crippen molar-refractivity contribution >= 4 is 50.9 Å². The summed E-state index contributed by atoms with van der Waals surface area (Å²) < 4.78 is 5.99. The number of fused-ring (bicyclic) bond motifs is 1. The molecule has 110 valence electrons. The first-order chi connectivity index (χ1) is 10.2. The molecule has 0 bridgehead atoms. The number of thioether (sulfide) groups is 1. The summed E-state index contributed by atoms with van der Waals surface area (Å²) in [7, 11) is 0. The summed E-state index contributed by atoms with van der Waals surface area (Å²) in [6.07, 6.45) is 1.04. The molecule has 0 radical (unpaired) electrons. The first-order valence-corrected chi connectivity index (χ1v) is 9.34. The van der Waals surface area contributed by atoms with Crippen LogP contribution in [-0.2, 0) is 11.8 Å². The van der Waals surface area contributed by atoms with Gasteiger partial charge in [0.15, 0.2) is 0 Å². The molecule has 1 nitrogen and oxygen atoms in total. The van der Waals surface area contributed by atoms with Crippen LogP contribution < -0.4 is 4.74 Å². The Bertz CT molecular complexity index is 638. The standard InChI is InChI=1S/C16H13BrCl2OS/c17-8-11-5-12(18)7-14(19)16(11)20-9-13-6-10-3-1-2-4-15(10)21-13/h1-5,7,13H,6,8-9H2. The van der Waals surface area contributed by atoms with Crippen LogP contribution in [-0.4, -0.2) is 11.9 Å². The van der Waals surface area contributed by atoms with Crippen molar-refractivity contribution in [2.45, 2.75) is 21.9 Å². The highest BCUT2D eigenvalue weighted by molar-refractivity contribution is 9.08. The van der Waals surface area contributed by atoms with Gasteiger partial charge in [0.1, 0.15) is 12.4 Å². The number of hydrogen-bond donors (Lipinski definition) is 0. The molecule has 1 unspecified atom stereocenters. The molecule has 1 aliphatic rings. The predicted molar refractivity (Wildman–Crippen MR) is 94.4 cm³/mol. The third-order valence-corrected chi connectivity index (χ3v) is 5.75. The Morgan fingerprint density at radius 1 is 1.24 bits per heavy atom. The summed E-state index contributed by atoms with van der Waals surface area (Å²) >= 11 is 17.6. The molecule has 1 heterocycles. The van der Waals surface area contributed by atoms with Crippen molar-refractivity contribution in [3.8, 4) is 5.75 Å². The van der Waals surface area contributed by atoms with E-state index in [1.807, 2.05) is 17.8 Å². The van der Waals surface area contributed by atoms with Crippen molar-refractivity contribution in [1.82, 2.24) is 0 Å². The molecule has 0 aliphatic carbocycles. The topological polar surface area (TPSA) is 9.23 Å². The molecule has 0 aromatic heterocycles. The summed E-state index contributed by atoms with van der Waals surface area (Å²) in [5, 5.41) is 2.29. The van der Waals surface area contributed by atoms with Crippen LogP contribution in [0.5, 0.6) is 5.75 Å². The summed E-state index contributed by atoms with van der Waals surface area (Å²) in [5.74, 6) is 0.731. The summed E-state index contributed by atoms with van der Waals surface area (Å²) in [4.78, 5) is 1.36. The third kappa shape index (κ3) is 3.53. The average molecular weight is 404 g/mol. The van der Waals surface area contributed by atoms with Crippen molar-refractivity contribution in [3.63, 3.8) is 0 Å². The lowest BCUT2D eigenvalue weighted by molar-refractivity contribution is 0.315. The van der Waals surface area contributed by atoms with Gasteiger partial charge in [-0.25, -0.2) is 0 Å². The first-order valence-electron chi connectivity index (χ1n) is 6.58. The Morgan fingerprint density at radius 2 is 2.05 bits per heavy atom. The lowest BCUT2D eigenvalue weighted by Crippen LogP contribution is -2.14. The number of ether oxygens (including phenoxy) is 1. The van der Waals surface area contributed by atoms with Gasteiger partial charge in [-0.1, -0.05) is 57.3 Å². The molecule has 1 atom stereocenters. The van der Waals surface area contributed by atoms with Crippen molar-refractivity contribution in [1.29, 1.82) is 0 Å².